The third-order valence-corrected chi connectivity index (χ3v) is 11.5. The van der Waals surface area contributed by atoms with Crippen LogP contribution < -0.4 is 25.8 Å². The first-order valence-electron chi connectivity index (χ1n) is 17.0. The first-order valence-corrected chi connectivity index (χ1v) is 17.8. The molecule has 6 heterocycles. The number of nitrogens with zero attached hydrogens (tertiary/aromatic N) is 6. The summed E-state index contributed by atoms with van der Waals surface area (Å²) in [6.45, 7) is 1.69. The van der Waals surface area contributed by atoms with Gasteiger partial charge in [-0.25, -0.2) is 18.2 Å². The van der Waals surface area contributed by atoms with Gasteiger partial charge in [-0.2, -0.15) is 28.4 Å². The first-order chi connectivity index (χ1) is 25.4. The van der Waals surface area contributed by atoms with Gasteiger partial charge in [0.15, 0.2) is 5.82 Å². The number of fused-ring (bicyclic) bond motifs is 3. The molecule has 3 aliphatic heterocycles. The monoisotopic (exact) mass is 754 g/mol. The molecule has 2 saturated heterocycles. The van der Waals surface area contributed by atoms with E-state index in [-0.39, 0.29) is 62.4 Å². The van der Waals surface area contributed by atoms with Gasteiger partial charge in [0.1, 0.15) is 58.1 Å². The van der Waals surface area contributed by atoms with E-state index in [1.807, 2.05) is 12.1 Å². The van der Waals surface area contributed by atoms with Crippen LogP contribution in [0.15, 0.2) is 24.4 Å². The Bertz CT molecular complexity index is 2320. The van der Waals surface area contributed by atoms with Crippen molar-refractivity contribution in [1.29, 1.82) is 5.26 Å². The summed E-state index contributed by atoms with van der Waals surface area (Å²) in [5.41, 5.74) is 10.2. The fraction of sp³-hybridized carbons (Fsp3) is 0.389. The van der Waals surface area contributed by atoms with Crippen molar-refractivity contribution < 1.29 is 35.8 Å². The molecular weight excluding hydrogens is 723 g/mol. The number of anilines is 3. The quantitative estimate of drug-likeness (QED) is 0.180. The lowest BCUT2D eigenvalue weighted by Gasteiger charge is -2.30. The zero-order chi connectivity index (χ0) is 37.3. The Labute approximate surface area is 302 Å². The molecule has 0 amide bonds. The zero-order valence-corrected chi connectivity index (χ0v) is 29.1. The largest absolute Gasteiger partial charge is 0.490 e. The molecule has 0 saturated carbocycles. The minimum atomic E-state index is -5.17. The highest BCUT2D eigenvalue weighted by Gasteiger charge is 2.45. The van der Waals surface area contributed by atoms with Crippen molar-refractivity contribution in [3.63, 3.8) is 0 Å². The van der Waals surface area contributed by atoms with Crippen LogP contribution in [0.3, 0.4) is 0 Å². The normalized spacial score (nSPS) is 20.8. The maximum atomic E-state index is 16.8. The van der Waals surface area contributed by atoms with Gasteiger partial charge in [0, 0.05) is 35.3 Å². The number of ether oxygens (including phenoxy) is 2. The molecule has 4 aliphatic rings. The van der Waals surface area contributed by atoms with Crippen LogP contribution in [0.4, 0.5) is 43.0 Å². The standard InChI is InChI=1S/C29H20F5N7O2S.C7H12FN/c1-42-28-39-22-19-23(43-9-8-41(27(19)40-28)15-5-2-11-6-7-38-25(36)16(11)15)20(29(32,33)34)18(21(22)31)12-3-4-14(30)24-17(12)13(10-35)26(37)44-24;8-6-4-7-2-1-3-9(7)5-6/h3-4,6-7,15H,2,5,8-9,37H2,1H3,(H2,36,38);6-7H,1-5H2. The van der Waals surface area contributed by atoms with Crippen LogP contribution in [0, 0.1) is 23.0 Å². The number of methoxy groups -OCH3 is 1. The molecule has 3 unspecified atom stereocenters. The van der Waals surface area contributed by atoms with Gasteiger partial charge < -0.3 is 25.8 Å². The van der Waals surface area contributed by atoms with E-state index in [0.717, 1.165) is 30.7 Å². The third-order valence-electron chi connectivity index (χ3n) is 10.5. The second-order valence-corrected chi connectivity index (χ2v) is 14.4. The number of halogens is 6. The van der Waals surface area contributed by atoms with Crippen LogP contribution in [0.1, 0.15) is 54.0 Å². The zero-order valence-electron chi connectivity index (χ0n) is 28.2. The van der Waals surface area contributed by atoms with Gasteiger partial charge in [0.2, 0.25) is 0 Å². The number of thiophene rings is 1. The molecule has 2 aromatic carbocycles. The summed E-state index contributed by atoms with van der Waals surface area (Å²) < 4.78 is 101. The lowest BCUT2D eigenvalue weighted by Crippen LogP contribution is -2.32. The molecule has 3 aromatic heterocycles. The van der Waals surface area contributed by atoms with Crippen LogP contribution in [0.2, 0.25) is 0 Å². The molecule has 1 aliphatic carbocycles. The van der Waals surface area contributed by atoms with Crippen LogP contribution in [0.25, 0.3) is 32.1 Å². The van der Waals surface area contributed by atoms with E-state index >= 15 is 17.6 Å². The summed E-state index contributed by atoms with van der Waals surface area (Å²) in [7, 11) is 1.25. The van der Waals surface area contributed by atoms with Crippen molar-refractivity contribution in [2.75, 3.05) is 49.7 Å². The SMILES string of the molecule is COc1nc2c3c(c(C(F)(F)F)c(-c4ccc(F)c5sc(N)c(C#N)c45)c(F)c3n1)OCCN2C1CCc2ccnc(N)c21.FC1CC2CCCN2C1. The topological polar surface area (TPSA) is 139 Å². The van der Waals surface area contributed by atoms with Gasteiger partial charge >= 0.3 is 12.2 Å². The molecule has 0 spiro atoms. The maximum Gasteiger partial charge on any atom is 0.420 e. The van der Waals surface area contributed by atoms with Crippen LogP contribution in [-0.4, -0.2) is 65.4 Å². The van der Waals surface area contributed by atoms with E-state index in [2.05, 4.69) is 19.9 Å². The molecular formula is C36H32F6N8O2S. The van der Waals surface area contributed by atoms with Crippen LogP contribution in [0.5, 0.6) is 11.8 Å². The predicted molar refractivity (Wildman–Crippen MR) is 188 cm³/mol. The Balaban J connectivity index is 0.000000386. The van der Waals surface area contributed by atoms with E-state index < -0.39 is 52.4 Å². The van der Waals surface area contributed by atoms with E-state index in [1.165, 1.54) is 20.0 Å². The molecule has 0 radical (unpaired) electrons. The summed E-state index contributed by atoms with van der Waals surface area (Å²) in [5, 5.41) is 9.10. The Morgan fingerprint density at radius 2 is 1.91 bits per heavy atom. The van der Waals surface area contributed by atoms with Gasteiger partial charge in [-0.3, -0.25) is 4.90 Å². The van der Waals surface area contributed by atoms with E-state index in [4.69, 9.17) is 20.9 Å². The summed E-state index contributed by atoms with van der Waals surface area (Å²) in [6.07, 6.45) is 0.407. The fourth-order valence-electron chi connectivity index (χ4n) is 8.30. The molecule has 5 aromatic rings. The Hall–Kier alpha value is -5.08. The lowest BCUT2D eigenvalue weighted by molar-refractivity contribution is -0.138. The number of nitriles is 1. The number of pyridine rings is 1. The molecule has 3 atom stereocenters. The minimum Gasteiger partial charge on any atom is -0.490 e. The molecule has 10 nitrogen and oxygen atoms in total. The number of nitrogens with two attached hydrogens (primary N) is 2. The Morgan fingerprint density at radius 3 is 2.64 bits per heavy atom. The maximum absolute atomic E-state index is 16.8. The summed E-state index contributed by atoms with van der Waals surface area (Å²) in [6, 6.07) is 5.40. The van der Waals surface area contributed by atoms with Crippen molar-refractivity contribution in [2.24, 2.45) is 0 Å². The summed E-state index contributed by atoms with van der Waals surface area (Å²) >= 11 is 0.682. The summed E-state index contributed by atoms with van der Waals surface area (Å²) in [5.74, 6) is -2.65. The number of alkyl halides is 4. The molecule has 276 valence electrons. The highest BCUT2D eigenvalue weighted by atomic mass is 32.1. The summed E-state index contributed by atoms with van der Waals surface area (Å²) in [4.78, 5) is 16.7. The van der Waals surface area contributed by atoms with Gasteiger partial charge in [0.25, 0.3) is 0 Å². The average molecular weight is 755 g/mol. The van der Waals surface area contributed by atoms with Gasteiger partial charge in [-0.1, -0.05) is 6.07 Å². The molecule has 4 N–H and O–H groups in total. The molecule has 53 heavy (non-hydrogen) atoms. The number of nitrogen functional groups attached to an aromatic ring is 2. The second kappa shape index (κ2) is 13.1. The number of aryl methyl sites for hydroxylation is 1. The molecule has 17 heteroatoms. The number of hydrogen-bond donors (Lipinski definition) is 2. The lowest BCUT2D eigenvalue weighted by atomic mass is 9.91. The third kappa shape index (κ3) is 5.70. The molecule has 2 fully saturated rings. The smallest absolute Gasteiger partial charge is 0.420 e. The van der Waals surface area contributed by atoms with Crippen molar-refractivity contribution in [1.82, 2.24) is 19.9 Å². The van der Waals surface area contributed by atoms with Gasteiger partial charge in [-0.05, 0) is 61.9 Å². The van der Waals surface area contributed by atoms with Crippen molar-refractivity contribution in [2.45, 2.75) is 56.5 Å². The van der Waals surface area contributed by atoms with E-state index in [0.29, 0.717) is 42.3 Å². The Kier molecular flexibility index (Phi) is 8.64. The highest BCUT2D eigenvalue weighted by Crippen LogP contribution is 2.54. The predicted octanol–water partition coefficient (Wildman–Crippen LogP) is 7.33. The van der Waals surface area contributed by atoms with Gasteiger partial charge in [0.05, 0.1) is 35.3 Å². The number of hydrogen-bond acceptors (Lipinski definition) is 11. The second-order valence-electron chi connectivity index (χ2n) is 13.4. The van der Waals surface area contributed by atoms with Crippen LogP contribution >= 0.6 is 11.3 Å². The fourth-order valence-corrected chi connectivity index (χ4v) is 9.25. The number of benzene rings is 2. The number of aromatic nitrogens is 3. The van der Waals surface area contributed by atoms with Crippen molar-refractivity contribution >= 4 is 49.0 Å². The van der Waals surface area contributed by atoms with E-state index in [9.17, 15) is 14.0 Å². The molecule has 0 bridgehead atoms. The van der Waals surface area contributed by atoms with Crippen molar-refractivity contribution in [3.05, 3.63) is 58.3 Å². The minimum absolute atomic E-state index is 0.0295. The number of rotatable bonds is 3. The van der Waals surface area contributed by atoms with Crippen molar-refractivity contribution in [3.8, 4) is 29.0 Å². The Morgan fingerprint density at radius 1 is 1.09 bits per heavy atom. The highest BCUT2D eigenvalue weighted by molar-refractivity contribution is 7.23. The average Bonchev–Trinajstić information content (AvgIpc) is 3.88. The van der Waals surface area contributed by atoms with Crippen LogP contribution in [-0.2, 0) is 12.6 Å². The van der Waals surface area contributed by atoms with Gasteiger partial charge in [-0.15, -0.1) is 11.3 Å². The van der Waals surface area contributed by atoms with E-state index in [1.54, 1.807) is 11.1 Å². The molecule has 9 rings (SSSR count). The first kappa shape index (κ1) is 35.0.